The molecule has 0 bridgehead atoms. The van der Waals surface area contributed by atoms with E-state index in [0.29, 0.717) is 0 Å². The van der Waals surface area contributed by atoms with Gasteiger partial charge in [-0.3, -0.25) is 4.79 Å². The van der Waals surface area contributed by atoms with Crippen LogP contribution in [0.15, 0.2) is 47.3 Å². The molecule has 8 nitrogen and oxygen atoms in total. The zero-order chi connectivity index (χ0) is 21.7. The monoisotopic (exact) mass is 420 g/mol. The molecule has 0 saturated carbocycles. The molecule has 3 rings (SSSR count). The van der Waals surface area contributed by atoms with Crippen molar-refractivity contribution in [3.63, 3.8) is 0 Å². The first kappa shape index (κ1) is 20.8. The van der Waals surface area contributed by atoms with Gasteiger partial charge in [0.2, 0.25) is 0 Å². The zero-order valence-corrected chi connectivity index (χ0v) is 15.3. The summed E-state index contributed by atoms with van der Waals surface area (Å²) < 4.78 is 48.3. The Kier molecular flexibility index (Phi) is 6.30. The Hall–Kier alpha value is -3.89. The fourth-order valence-electron chi connectivity index (χ4n) is 2.58. The third-order valence-corrected chi connectivity index (χ3v) is 3.83. The summed E-state index contributed by atoms with van der Waals surface area (Å²) >= 11 is 0. The largest absolute Gasteiger partial charge is 0.458 e. The van der Waals surface area contributed by atoms with Crippen molar-refractivity contribution in [2.75, 3.05) is 6.61 Å². The summed E-state index contributed by atoms with van der Waals surface area (Å²) in [4.78, 5) is 32.2. The van der Waals surface area contributed by atoms with E-state index in [0.717, 1.165) is 18.3 Å². The second-order valence-corrected chi connectivity index (χ2v) is 5.91. The van der Waals surface area contributed by atoms with Gasteiger partial charge < -0.3 is 20.2 Å². The molecule has 1 amide bonds. The first-order valence-electron chi connectivity index (χ1n) is 8.53. The van der Waals surface area contributed by atoms with Gasteiger partial charge in [0.25, 0.3) is 12.3 Å². The number of rotatable bonds is 7. The average molecular weight is 420 g/mol. The highest BCUT2D eigenvalue weighted by atomic mass is 19.3. The van der Waals surface area contributed by atoms with E-state index in [4.69, 9.17) is 10.2 Å². The number of halogens is 3. The van der Waals surface area contributed by atoms with E-state index in [9.17, 15) is 22.8 Å². The Labute approximate surface area is 167 Å². The molecule has 0 aliphatic heterocycles. The molecular formula is C19H15F3N4O4. The molecule has 11 heteroatoms. The Balaban J connectivity index is 1.78. The molecule has 2 heterocycles. The number of hydrogen-bond donors (Lipinski definition) is 2. The van der Waals surface area contributed by atoms with Gasteiger partial charge in [-0.15, -0.1) is 0 Å². The Morgan fingerprint density at radius 1 is 1.23 bits per heavy atom. The summed E-state index contributed by atoms with van der Waals surface area (Å²) in [5.74, 6) is -2.23. The fourth-order valence-corrected chi connectivity index (χ4v) is 2.58. The quantitative estimate of drug-likeness (QED) is 0.445. The van der Waals surface area contributed by atoms with Crippen molar-refractivity contribution in [2.24, 2.45) is 5.73 Å². The first-order chi connectivity index (χ1) is 14.4. The topological polar surface area (TPSA) is 120 Å². The van der Waals surface area contributed by atoms with Crippen LogP contribution in [0, 0.1) is 5.82 Å². The summed E-state index contributed by atoms with van der Waals surface area (Å²) in [5, 5.41) is 2.74. The van der Waals surface area contributed by atoms with Crippen molar-refractivity contribution in [3.05, 3.63) is 65.8 Å². The minimum absolute atomic E-state index is 0.0222. The lowest BCUT2D eigenvalue weighted by atomic mass is 10.1. The number of carbonyl (C=O) groups excluding carboxylic acids is 2. The van der Waals surface area contributed by atoms with Crippen LogP contribution >= 0.6 is 0 Å². The molecule has 0 saturated heterocycles. The van der Waals surface area contributed by atoms with Crippen LogP contribution in [-0.2, 0) is 16.1 Å². The number of esters is 1. The number of amides is 1. The minimum Gasteiger partial charge on any atom is -0.458 e. The van der Waals surface area contributed by atoms with Crippen LogP contribution < -0.4 is 11.1 Å². The van der Waals surface area contributed by atoms with Crippen LogP contribution in [0.25, 0.3) is 16.5 Å². The van der Waals surface area contributed by atoms with E-state index in [-0.39, 0.29) is 40.2 Å². The third-order valence-electron chi connectivity index (χ3n) is 3.83. The third kappa shape index (κ3) is 4.74. The number of ether oxygens (including phenoxy) is 1. The molecule has 2 aromatic heterocycles. The molecule has 156 valence electrons. The Morgan fingerprint density at radius 3 is 2.63 bits per heavy atom. The second-order valence-electron chi connectivity index (χ2n) is 5.91. The van der Waals surface area contributed by atoms with Crippen molar-refractivity contribution in [3.8, 4) is 0 Å². The van der Waals surface area contributed by atoms with Gasteiger partial charge in [0.05, 0.1) is 12.1 Å². The van der Waals surface area contributed by atoms with Crippen LogP contribution in [0.5, 0.6) is 0 Å². The smallest absolute Gasteiger partial charge is 0.342 e. The number of aromatic nitrogens is 2. The highest BCUT2D eigenvalue weighted by molar-refractivity contribution is 6.18. The van der Waals surface area contributed by atoms with Gasteiger partial charge in [-0.25, -0.2) is 27.9 Å². The van der Waals surface area contributed by atoms with Gasteiger partial charge in [0, 0.05) is 24.0 Å². The van der Waals surface area contributed by atoms with Crippen LogP contribution in [0.3, 0.4) is 0 Å². The summed E-state index contributed by atoms with van der Waals surface area (Å²) in [6, 6.07) is 4.89. The van der Waals surface area contributed by atoms with E-state index >= 15 is 0 Å². The normalized spacial score (nSPS) is 11.7. The average Bonchev–Trinajstić information content (AvgIpc) is 3.14. The lowest BCUT2D eigenvalue weighted by Crippen LogP contribution is -2.25. The van der Waals surface area contributed by atoms with Crippen molar-refractivity contribution >= 4 is 28.4 Å². The zero-order valence-electron chi connectivity index (χ0n) is 15.3. The number of nitrogens with two attached hydrogens (primary N) is 1. The molecule has 0 fully saturated rings. The fraction of sp³-hybridized carbons (Fsp3) is 0.158. The number of fused-ring (bicyclic) bond motifs is 1. The maximum atomic E-state index is 13.8. The molecule has 1 aromatic carbocycles. The van der Waals surface area contributed by atoms with E-state index in [1.807, 2.05) is 0 Å². The molecule has 0 atom stereocenters. The molecule has 3 aromatic rings. The minimum atomic E-state index is -2.86. The van der Waals surface area contributed by atoms with Gasteiger partial charge in [-0.2, -0.15) is 0 Å². The highest BCUT2D eigenvalue weighted by Crippen LogP contribution is 2.26. The molecule has 0 aliphatic rings. The van der Waals surface area contributed by atoms with Crippen molar-refractivity contribution in [2.45, 2.75) is 13.0 Å². The first-order valence-corrected chi connectivity index (χ1v) is 8.53. The maximum Gasteiger partial charge on any atom is 0.342 e. The van der Waals surface area contributed by atoms with E-state index in [1.165, 1.54) is 18.5 Å². The maximum absolute atomic E-state index is 13.8. The predicted octanol–water partition coefficient (Wildman–Crippen LogP) is 2.40. The molecule has 30 heavy (non-hydrogen) atoms. The number of carbonyl (C=O) groups is 2. The number of alkyl halides is 2. The van der Waals surface area contributed by atoms with Crippen molar-refractivity contribution < 1.29 is 31.9 Å². The SMILES string of the molecule is N/C=C(/C(=O)NCc1cc2cc(F)cc(C(=O)OCC(F)F)c2o1)c1ncccn1. The van der Waals surface area contributed by atoms with Crippen LogP contribution in [-0.4, -0.2) is 34.9 Å². The molecule has 0 radical (unpaired) electrons. The predicted molar refractivity (Wildman–Crippen MR) is 98.5 cm³/mol. The molecule has 0 spiro atoms. The Morgan fingerprint density at radius 2 is 1.97 bits per heavy atom. The molecule has 3 N–H and O–H groups in total. The second kappa shape index (κ2) is 9.07. The number of furan rings is 1. The lowest BCUT2D eigenvalue weighted by Gasteiger charge is -2.06. The summed E-state index contributed by atoms with van der Waals surface area (Å²) in [5.41, 5.74) is 5.11. The van der Waals surface area contributed by atoms with Gasteiger partial charge in [-0.1, -0.05) is 0 Å². The number of benzene rings is 1. The summed E-state index contributed by atoms with van der Waals surface area (Å²) in [7, 11) is 0. The van der Waals surface area contributed by atoms with Gasteiger partial charge >= 0.3 is 5.97 Å². The number of hydrogen-bond acceptors (Lipinski definition) is 7. The van der Waals surface area contributed by atoms with Crippen molar-refractivity contribution in [1.82, 2.24) is 15.3 Å². The van der Waals surface area contributed by atoms with Crippen LogP contribution in [0.1, 0.15) is 21.9 Å². The summed E-state index contributed by atoms with van der Waals surface area (Å²) in [6.45, 7) is -1.26. The molecule has 0 aliphatic carbocycles. The standard InChI is InChI=1S/C19H15F3N4O4/c20-11-4-10-5-12(30-16(10)13(6-11)19(28)29-9-15(21)22)8-26-18(27)14(7-23)17-24-2-1-3-25-17/h1-7,15H,8-9,23H2,(H,26,27)/b14-7+. The highest BCUT2D eigenvalue weighted by Gasteiger charge is 2.20. The van der Waals surface area contributed by atoms with Crippen molar-refractivity contribution in [1.29, 1.82) is 0 Å². The lowest BCUT2D eigenvalue weighted by molar-refractivity contribution is -0.115. The van der Waals surface area contributed by atoms with E-state index in [1.54, 1.807) is 6.07 Å². The van der Waals surface area contributed by atoms with Crippen LogP contribution in [0.2, 0.25) is 0 Å². The molecular weight excluding hydrogens is 405 g/mol. The summed E-state index contributed by atoms with van der Waals surface area (Å²) in [6.07, 6.45) is 1.08. The molecule has 0 unspecified atom stereocenters. The van der Waals surface area contributed by atoms with Gasteiger partial charge in [0.1, 0.15) is 22.7 Å². The Bertz CT molecular complexity index is 1100. The van der Waals surface area contributed by atoms with Gasteiger partial charge in [0.15, 0.2) is 12.4 Å². The number of nitrogens with zero attached hydrogens (tertiary/aromatic N) is 2. The van der Waals surface area contributed by atoms with E-state index < -0.39 is 30.7 Å². The van der Waals surface area contributed by atoms with E-state index in [2.05, 4.69) is 20.0 Å². The van der Waals surface area contributed by atoms with Crippen LogP contribution in [0.4, 0.5) is 13.2 Å². The number of nitrogens with one attached hydrogen (secondary N) is 1. The van der Waals surface area contributed by atoms with Gasteiger partial charge in [-0.05, 0) is 24.3 Å².